The largest absolute Gasteiger partial charge is 0.352 e. The number of benzene rings is 1. The van der Waals surface area contributed by atoms with Gasteiger partial charge in [0.25, 0.3) is 11.6 Å². The number of nitro benzene ring substituents is 1. The molecule has 118 valence electrons. The average molecular weight is 313 g/mol. The highest BCUT2D eigenvalue weighted by Crippen LogP contribution is 2.16. The van der Waals surface area contributed by atoms with Crippen LogP contribution >= 0.6 is 0 Å². The third-order valence-corrected chi connectivity index (χ3v) is 3.77. The highest BCUT2D eigenvalue weighted by atomic mass is 16.6. The Balaban J connectivity index is 1.63. The van der Waals surface area contributed by atoms with E-state index < -0.39 is 4.92 Å². The van der Waals surface area contributed by atoms with Gasteiger partial charge in [-0.05, 0) is 24.3 Å². The van der Waals surface area contributed by atoms with Crippen LogP contribution in [-0.2, 0) is 0 Å². The van der Waals surface area contributed by atoms with E-state index in [1.54, 1.807) is 11.1 Å². The smallest absolute Gasteiger partial charge is 0.269 e. The highest BCUT2D eigenvalue weighted by molar-refractivity contribution is 5.94. The maximum atomic E-state index is 12.4. The van der Waals surface area contributed by atoms with Gasteiger partial charge < -0.3 is 9.80 Å². The molecule has 1 aromatic carbocycles. The number of nitrogens with zero attached hydrogens (tertiary/aromatic N) is 5. The summed E-state index contributed by atoms with van der Waals surface area (Å²) in [4.78, 5) is 26.4. The predicted molar refractivity (Wildman–Crippen MR) is 83.2 cm³/mol. The number of hydrogen-bond acceptors (Lipinski definition) is 6. The fourth-order valence-electron chi connectivity index (χ4n) is 2.51. The summed E-state index contributed by atoms with van der Waals surface area (Å²) in [7, 11) is 0. The number of aromatic nitrogens is 2. The van der Waals surface area contributed by atoms with Crippen LogP contribution in [0.5, 0.6) is 0 Å². The summed E-state index contributed by atoms with van der Waals surface area (Å²) < 4.78 is 0. The van der Waals surface area contributed by atoms with Gasteiger partial charge in [0.2, 0.25) is 0 Å². The van der Waals surface area contributed by atoms with Crippen LogP contribution in [0.15, 0.2) is 42.6 Å². The standard InChI is InChI=1S/C15H15N5O3/c21-15(12-3-5-13(6-4-12)20(22)23)19-10-8-18(9-11-19)14-2-1-7-16-17-14/h1-7H,8-11H2. The Morgan fingerprint density at radius 2 is 1.78 bits per heavy atom. The zero-order valence-corrected chi connectivity index (χ0v) is 12.3. The van der Waals surface area contributed by atoms with Crippen molar-refractivity contribution in [3.05, 3.63) is 58.3 Å². The molecule has 8 heteroatoms. The number of carbonyl (C=O) groups is 1. The van der Waals surface area contributed by atoms with E-state index in [1.165, 1.54) is 24.3 Å². The molecule has 0 spiro atoms. The maximum absolute atomic E-state index is 12.4. The van der Waals surface area contributed by atoms with Gasteiger partial charge >= 0.3 is 0 Å². The molecule has 1 aliphatic rings. The second kappa shape index (κ2) is 6.39. The quantitative estimate of drug-likeness (QED) is 0.627. The van der Waals surface area contributed by atoms with E-state index in [9.17, 15) is 14.9 Å². The fourth-order valence-corrected chi connectivity index (χ4v) is 2.51. The third-order valence-electron chi connectivity index (χ3n) is 3.77. The van der Waals surface area contributed by atoms with Gasteiger partial charge in [0.1, 0.15) is 0 Å². The van der Waals surface area contributed by atoms with Crippen molar-refractivity contribution < 1.29 is 9.72 Å². The Hall–Kier alpha value is -3.03. The maximum Gasteiger partial charge on any atom is 0.269 e. The fraction of sp³-hybridized carbons (Fsp3) is 0.267. The molecule has 1 saturated heterocycles. The van der Waals surface area contributed by atoms with Gasteiger partial charge in [-0.1, -0.05) is 0 Å². The lowest BCUT2D eigenvalue weighted by molar-refractivity contribution is -0.384. The van der Waals surface area contributed by atoms with Crippen LogP contribution in [0.3, 0.4) is 0 Å². The summed E-state index contributed by atoms with van der Waals surface area (Å²) in [6.07, 6.45) is 1.62. The minimum atomic E-state index is -0.478. The molecule has 0 radical (unpaired) electrons. The van der Waals surface area contributed by atoms with Crippen LogP contribution in [0.25, 0.3) is 0 Å². The molecule has 0 saturated carbocycles. The molecular weight excluding hydrogens is 298 g/mol. The number of piperazine rings is 1. The molecule has 1 aliphatic heterocycles. The first kappa shape index (κ1) is 14.9. The summed E-state index contributed by atoms with van der Waals surface area (Å²) in [5.41, 5.74) is 0.442. The van der Waals surface area contributed by atoms with Crippen LogP contribution in [0.2, 0.25) is 0 Å². The molecule has 3 rings (SSSR count). The topological polar surface area (TPSA) is 92.5 Å². The van der Waals surface area contributed by atoms with Crippen molar-refractivity contribution in [1.82, 2.24) is 15.1 Å². The van der Waals surface area contributed by atoms with E-state index in [0.29, 0.717) is 31.7 Å². The lowest BCUT2D eigenvalue weighted by atomic mass is 10.1. The van der Waals surface area contributed by atoms with Crippen LogP contribution < -0.4 is 4.90 Å². The van der Waals surface area contributed by atoms with E-state index in [-0.39, 0.29) is 11.6 Å². The summed E-state index contributed by atoms with van der Waals surface area (Å²) in [6.45, 7) is 2.51. The third kappa shape index (κ3) is 3.25. The number of rotatable bonds is 3. The minimum Gasteiger partial charge on any atom is -0.352 e. The first-order valence-electron chi connectivity index (χ1n) is 7.21. The molecular formula is C15H15N5O3. The zero-order chi connectivity index (χ0) is 16.2. The molecule has 0 N–H and O–H groups in total. The molecule has 1 aromatic heterocycles. The number of non-ortho nitro benzene ring substituents is 1. The zero-order valence-electron chi connectivity index (χ0n) is 12.3. The van der Waals surface area contributed by atoms with E-state index in [4.69, 9.17) is 0 Å². The number of hydrogen-bond donors (Lipinski definition) is 0. The van der Waals surface area contributed by atoms with Gasteiger partial charge in [0, 0.05) is 50.1 Å². The molecule has 1 amide bonds. The number of anilines is 1. The molecule has 0 atom stereocenters. The van der Waals surface area contributed by atoms with Crippen LogP contribution in [0.4, 0.5) is 11.5 Å². The molecule has 2 heterocycles. The number of amides is 1. The van der Waals surface area contributed by atoms with Gasteiger partial charge in [-0.3, -0.25) is 14.9 Å². The summed E-state index contributed by atoms with van der Waals surface area (Å²) >= 11 is 0. The average Bonchev–Trinajstić information content (AvgIpc) is 2.62. The van der Waals surface area contributed by atoms with Gasteiger partial charge in [-0.15, -0.1) is 5.10 Å². The number of nitro groups is 1. The molecule has 0 aliphatic carbocycles. The Labute approximate surface area is 132 Å². The summed E-state index contributed by atoms with van der Waals surface area (Å²) in [6, 6.07) is 9.41. The van der Waals surface area contributed by atoms with Crippen LogP contribution in [0.1, 0.15) is 10.4 Å². The highest BCUT2D eigenvalue weighted by Gasteiger charge is 2.23. The van der Waals surface area contributed by atoms with Crippen molar-refractivity contribution >= 4 is 17.4 Å². The number of carbonyl (C=O) groups excluding carboxylic acids is 1. The molecule has 8 nitrogen and oxygen atoms in total. The molecule has 1 fully saturated rings. The Bertz CT molecular complexity index is 697. The van der Waals surface area contributed by atoms with Crippen LogP contribution in [0, 0.1) is 10.1 Å². The van der Waals surface area contributed by atoms with E-state index >= 15 is 0 Å². The molecule has 23 heavy (non-hydrogen) atoms. The van der Waals surface area contributed by atoms with E-state index in [1.807, 2.05) is 12.1 Å². The minimum absolute atomic E-state index is 0.0194. The van der Waals surface area contributed by atoms with Gasteiger partial charge in [0.05, 0.1) is 4.92 Å². The lowest BCUT2D eigenvalue weighted by Gasteiger charge is -2.35. The molecule has 0 unspecified atom stereocenters. The second-order valence-corrected chi connectivity index (χ2v) is 5.17. The predicted octanol–water partition coefficient (Wildman–Crippen LogP) is 1.35. The van der Waals surface area contributed by atoms with Crippen molar-refractivity contribution in [2.75, 3.05) is 31.1 Å². The molecule has 2 aromatic rings. The molecule has 0 bridgehead atoms. The Morgan fingerprint density at radius 3 is 2.35 bits per heavy atom. The normalized spacial score (nSPS) is 14.6. The van der Waals surface area contributed by atoms with Gasteiger partial charge in [-0.2, -0.15) is 5.10 Å². The van der Waals surface area contributed by atoms with Crippen LogP contribution in [-0.4, -0.2) is 52.1 Å². The monoisotopic (exact) mass is 313 g/mol. The van der Waals surface area contributed by atoms with Crippen molar-refractivity contribution in [1.29, 1.82) is 0 Å². The van der Waals surface area contributed by atoms with Crippen molar-refractivity contribution in [2.45, 2.75) is 0 Å². The van der Waals surface area contributed by atoms with E-state index in [2.05, 4.69) is 15.1 Å². The van der Waals surface area contributed by atoms with Crippen molar-refractivity contribution in [3.63, 3.8) is 0 Å². The first-order chi connectivity index (χ1) is 11.1. The van der Waals surface area contributed by atoms with E-state index in [0.717, 1.165) is 5.82 Å². The van der Waals surface area contributed by atoms with Crippen molar-refractivity contribution in [3.8, 4) is 0 Å². The second-order valence-electron chi connectivity index (χ2n) is 5.17. The summed E-state index contributed by atoms with van der Waals surface area (Å²) in [5.74, 6) is 0.689. The first-order valence-corrected chi connectivity index (χ1v) is 7.21. The van der Waals surface area contributed by atoms with Crippen molar-refractivity contribution in [2.24, 2.45) is 0 Å². The Morgan fingerprint density at radius 1 is 1.09 bits per heavy atom. The summed E-state index contributed by atoms with van der Waals surface area (Å²) in [5, 5.41) is 18.6. The SMILES string of the molecule is O=C(c1ccc([N+](=O)[O-])cc1)N1CCN(c2cccnn2)CC1. The lowest BCUT2D eigenvalue weighted by Crippen LogP contribution is -2.49. The van der Waals surface area contributed by atoms with Gasteiger partial charge in [-0.25, -0.2) is 0 Å². The van der Waals surface area contributed by atoms with Gasteiger partial charge in [0.15, 0.2) is 5.82 Å². The Kier molecular flexibility index (Phi) is 4.13.